The molecule has 0 saturated heterocycles. The van der Waals surface area contributed by atoms with Crippen molar-refractivity contribution < 1.29 is 9.53 Å². The highest BCUT2D eigenvalue weighted by Gasteiger charge is 2.21. The first-order valence-electron chi connectivity index (χ1n) is 6.94. The normalized spacial score (nSPS) is 11.8. The Bertz CT molecular complexity index is 692. The molecule has 0 aliphatic carbocycles. The highest BCUT2D eigenvalue weighted by atomic mass is 32.1. The Hall–Kier alpha value is -2.21. The van der Waals surface area contributed by atoms with E-state index in [9.17, 15) is 4.79 Å². The molecule has 2 rings (SSSR count). The summed E-state index contributed by atoms with van der Waals surface area (Å²) in [7, 11) is 3.08. The molecule has 1 atom stereocenters. The van der Waals surface area contributed by atoms with Crippen LogP contribution in [0.1, 0.15) is 40.3 Å². The minimum atomic E-state index is -0.434. The minimum absolute atomic E-state index is 0.108. The van der Waals surface area contributed by atoms with Gasteiger partial charge in [-0.05, 0) is 19.4 Å². The highest BCUT2D eigenvalue weighted by Crippen LogP contribution is 2.21. The van der Waals surface area contributed by atoms with Crippen LogP contribution in [0.2, 0.25) is 0 Å². The van der Waals surface area contributed by atoms with Crippen LogP contribution in [0.4, 0.5) is 0 Å². The molecule has 22 heavy (non-hydrogen) atoms. The Morgan fingerprint density at radius 1 is 1.36 bits per heavy atom. The topological polar surface area (TPSA) is 56.1 Å². The van der Waals surface area contributed by atoms with Crippen molar-refractivity contribution in [3.8, 4) is 0 Å². The van der Waals surface area contributed by atoms with Crippen LogP contribution in [0, 0.1) is 6.92 Å². The van der Waals surface area contributed by atoms with Crippen molar-refractivity contribution in [2.45, 2.75) is 19.9 Å². The number of hydrogen-bond acceptors (Lipinski definition) is 4. The van der Waals surface area contributed by atoms with Gasteiger partial charge in [-0.3, -0.25) is 4.68 Å². The first kappa shape index (κ1) is 16.2. The second kappa shape index (κ2) is 6.70. The molecule has 1 aromatic carbocycles. The van der Waals surface area contributed by atoms with Crippen molar-refractivity contribution in [2.24, 2.45) is 0 Å². The van der Waals surface area contributed by atoms with Gasteiger partial charge in [-0.15, -0.1) is 0 Å². The third-order valence-electron chi connectivity index (χ3n) is 3.52. The van der Waals surface area contributed by atoms with Gasteiger partial charge in [0, 0.05) is 13.1 Å². The summed E-state index contributed by atoms with van der Waals surface area (Å²) in [5, 5.41) is 7.33. The van der Waals surface area contributed by atoms with Gasteiger partial charge < -0.3 is 10.1 Å². The van der Waals surface area contributed by atoms with Gasteiger partial charge in [0.2, 0.25) is 0 Å². The van der Waals surface area contributed by atoms with Gasteiger partial charge in [-0.1, -0.05) is 42.0 Å². The van der Waals surface area contributed by atoms with Crippen LogP contribution in [-0.4, -0.2) is 34.9 Å². The molecular weight excluding hydrogens is 298 g/mol. The number of aromatic nitrogens is 2. The molecule has 0 fully saturated rings. The lowest BCUT2D eigenvalue weighted by Gasteiger charge is -2.15. The number of benzene rings is 1. The van der Waals surface area contributed by atoms with Gasteiger partial charge in [0.25, 0.3) is 0 Å². The lowest BCUT2D eigenvalue weighted by Crippen LogP contribution is -2.19. The van der Waals surface area contributed by atoms with Crippen LogP contribution in [0.15, 0.2) is 30.3 Å². The summed E-state index contributed by atoms with van der Waals surface area (Å²) in [5.74, 6) is -0.434. The molecule has 0 aliphatic heterocycles. The lowest BCUT2D eigenvalue weighted by molar-refractivity contribution is 0.0585. The third kappa shape index (κ3) is 3.17. The molecule has 1 N–H and O–H groups in total. The van der Waals surface area contributed by atoms with Gasteiger partial charge in [0.15, 0.2) is 0 Å². The first-order chi connectivity index (χ1) is 10.5. The molecular formula is C16H19N3O2S. The smallest absolute Gasteiger partial charge is 0.356 e. The molecule has 0 aliphatic rings. The largest absolute Gasteiger partial charge is 0.464 e. The summed E-state index contributed by atoms with van der Waals surface area (Å²) in [6.07, 6.45) is 0. The zero-order valence-corrected chi connectivity index (χ0v) is 13.9. The second-order valence-electron chi connectivity index (χ2n) is 5.02. The Labute approximate surface area is 135 Å². The number of methoxy groups -OCH3 is 1. The Kier molecular flexibility index (Phi) is 4.92. The summed E-state index contributed by atoms with van der Waals surface area (Å²) in [6, 6.07) is 9.66. The first-order valence-corrected chi connectivity index (χ1v) is 7.35. The molecule has 0 saturated carbocycles. The van der Waals surface area contributed by atoms with Crippen molar-refractivity contribution >= 4 is 23.2 Å². The number of carbonyl (C=O) groups is 1. The molecule has 1 heterocycles. The molecule has 6 heteroatoms. The summed E-state index contributed by atoms with van der Waals surface area (Å²) in [4.78, 5) is 12.5. The van der Waals surface area contributed by atoms with E-state index < -0.39 is 5.97 Å². The van der Waals surface area contributed by atoms with E-state index in [1.54, 1.807) is 17.8 Å². The molecule has 0 spiro atoms. The summed E-state index contributed by atoms with van der Waals surface area (Å²) in [5.41, 5.74) is 3.17. The fraction of sp³-hybridized carbons (Fsp3) is 0.312. The van der Waals surface area contributed by atoms with Gasteiger partial charge in [-0.2, -0.15) is 5.10 Å². The maximum absolute atomic E-state index is 12.0. The average Bonchev–Trinajstić information content (AvgIpc) is 2.98. The van der Waals surface area contributed by atoms with Gasteiger partial charge >= 0.3 is 5.97 Å². The number of carbonyl (C=O) groups excluding carboxylic acids is 1. The predicted molar refractivity (Wildman–Crippen MR) is 89.3 cm³/mol. The van der Waals surface area contributed by atoms with E-state index in [1.807, 2.05) is 38.1 Å². The Balaban J connectivity index is 2.47. The monoisotopic (exact) mass is 317 g/mol. The van der Waals surface area contributed by atoms with Crippen LogP contribution in [0.25, 0.3) is 0 Å². The maximum atomic E-state index is 12.0. The third-order valence-corrected chi connectivity index (χ3v) is 3.93. The zero-order chi connectivity index (χ0) is 16.3. The Morgan fingerprint density at radius 3 is 2.55 bits per heavy atom. The fourth-order valence-electron chi connectivity index (χ4n) is 2.17. The van der Waals surface area contributed by atoms with E-state index in [4.69, 9.17) is 17.0 Å². The summed E-state index contributed by atoms with van der Waals surface area (Å²) in [6.45, 7) is 4.02. The minimum Gasteiger partial charge on any atom is -0.464 e. The van der Waals surface area contributed by atoms with Crippen molar-refractivity contribution in [3.63, 3.8) is 0 Å². The lowest BCUT2D eigenvalue weighted by atomic mass is 10.1. The fourth-order valence-corrected chi connectivity index (χ4v) is 2.27. The van der Waals surface area contributed by atoms with Crippen LogP contribution in [-0.2, 0) is 4.74 Å². The van der Waals surface area contributed by atoms with Crippen molar-refractivity contribution in [2.75, 3.05) is 14.2 Å². The van der Waals surface area contributed by atoms with E-state index in [1.165, 1.54) is 12.7 Å². The maximum Gasteiger partial charge on any atom is 0.356 e. The van der Waals surface area contributed by atoms with E-state index in [0.29, 0.717) is 16.4 Å². The van der Waals surface area contributed by atoms with Gasteiger partial charge in [0.1, 0.15) is 16.4 Å². The van der Waals surface area contributed by atoms with E-state index >= 15 is 0 Å². The van der Waals surface area contributed by atoms with Gasteiger partial charge in [-0.25, -0.2) is 4.79 Å². The molecule has 1 aromatic heterocycles. The summed E-state index contributed by atoms with van der Waals surface area (Å²) >= 11 is 5.20. The standard InChI is InChI=1S/C16H19N3O2S/c1-10-5-7-12(8-6-10)11(2)19-14(16(20)21-4)9-13(18-19)15(22)17-3/h5-9,11H,1-4H3,(H,17,22). The number of aryl methyl sites for hydroxylation is 1. The Morgan fingerprint density at radius 2 is 2.00 bits per heavy atom. The van der Waals surface area contributed by atoms with Crippen molar-refractivity contribution in [1.82, 2.24) is 15.1 Å². The quantitative estimate of drug-likeness (QED) is 0.693. The number of hydrogen-bond donors (Lipinski definition) is 1. The van der Waals surface area contributed by atoms with Crippen LogP contribution >= 0.6 is 12.2 Å². The number of nitrogens with one attached hydrogen (secondary N) is 1. The SMILES string of the molecule is CNC(=S)c1cc(C(=O)OC)n(C(C)c2ccc(C)cc2)n1. The molecule has 0 bridgehead atoms. The zero-order valence-electron chi connectivity index (χ0n) is 13.1. The molecule has 116 valence electrons. The van der Waals surface area contributed by atoms with Crippen molar-refractivity contribution in [1.29, 1.82) is 0 Å². The van der Waals surface area contributed by atoms with Crippen LogP contribution in [0.5, 0.6) is 0 Å². The highest BCUT2D eigenvalue weighted by molar-refractivity contribution is 7.80. The number of esters is 1. The van der Waals surface area contributed by atoms with Crippen LogP contribution in [0.3, 0.4) is 0 Å². The molecule has 0 amide bonds. The van der Waals surface area contributed by atoms with E-state index in [2.05, 4.69) is 10.4 Å². The summed E-state index contributed by atoms with van der Waals surface area (Å²) < 4.78 is 6.49. The average molecular weight is 317 g/mol. The molecule has 2 aromatic rings. The predicted octanol–water partition coefficient (Wildman–Crippen LogP) is 2.48. The number of rotatable bonds is 4. The second-order valence-corrected chi connectivity index (χ2v) is 5.42. The van der Waals surface area contributed by atoms with E-state index in [-0.39, 0.29) is 6.04 Å². The number of ether oxygens (including phenoxy) is 1. The van der Waals surface area contributed by atoms with Gasteiger partial charge in [0.05, 0.1) is 13.2 Å². The molecule has 0 radical (unpaired) electrons. The molecule has 5 nitrogen and oxygen atoms in total. The molecule has 1 unspecified atom stereocenters. The van der Waals surface area contributed by atoms with Crippen molar-refractivity contribution in [3.05, 3.63) is 52.8 Å². The van der Waals surface area contributed by atoms with Crippen LogP contribution < -0.4 is 5.32 Å². The number of nitrogens with zero attached hydrogens (tertiary/aromatic N) is 2. The number of thiocarbonyl (C=S) groups is 1. The van der Waals surface area contributed by atoms with E-state index in [0.717, 1.165) is 5.56 Å².